The topological polar surface area (TPSA) is 31.4 Å². The maximum absolute atomic E-state index is 5.59. The first-order chi connectivity index (χ1) is 8.50. The van der Waals surface area contributed by atoms with E-state index in [0.717, 1.165) is 4.73 Å². The Morgan fingerprint density at radius 3 is 2.28 bits per heavy atom. The van der Waals surface area contributed by atoms with Crippen LogP contribution in [0.2, 0.25) is 9.95 Å². The molecule has 0 amide bonds. The van der Waals surface area contributed by atoms with Gasteiger partial charge in [-0.2, -0.15) is 0 Å². The van der Waals surface area contributed by atoms with Crippen molar-refractivity contribution in [1.82, 2.24) is 4.98 Å². The Balaban J connectivity index is 2.52. The van der Waals surface area contributed by atoms with Crippen LogP contribution in [0.1, 0.15) is 24.7 Å². The number of aromatic nitrogens is 1. The second-order valence-electron chi connectivity index (χ2n) is 4.62. The molecule has 0 aliphatic heterocycles. The van der Waals surface area contributed by atoms with Gasteiger partial charge in [0.1, 0.15) is 0 Å². The molecule has 1 aromatic heterocycles. The van der Waals surface area contributed by atoms with Gasteiger partial charge in [0, 0.05) is 0 Å². The van der Waals surface area contributed by atoms with E-state index in [1.54, 1.807) is 14.2 Å². The second-order valence-corrected chi connectivity index (χ2v) is 11.9. The van der Waals surface area contributed by atoms with Crippen LogP contribution in [0.4, 0.5) is 0 Å². The zero-order chi connectivity index (χ0) is 13.6. The van der Waals surface area contributed by atoms with Crippen molar-refractivity contribution in [3.63, 3.8) is 0 Å². The van der Waals surface area contributed by atoms with E-state index >= 15 is 0 Å². The van der Waals surface area contributed by atoms with Crippen LogP contribution in [-0.2, 0) is 24.0 Å². The summed E-state index contributed by atoms with van der Waals surface area (Å²) in [5, 5.41) is 3.18. The molecule has 0 fully saturated rings. The van der Waals surface area contributed by atoms with Crippen LogP contribution in [0.25, 0.3) is 0 Å². The van der Waals surface area contributed by atoms with Gasteiger partial charge in [0.05, 0.1) is 0 Å². The molecule has 3 nitrogen and oxygen atoms in total. The normalized spacial score (nSPS) is 15.4. The molecule has 1 rings (SSSR count). The molecular formula is C13H23NO2STi. The van der Waals surface area contributed by atoms with Crippen molar-refractivity contribution in [2.24, 2.45) is 0 Å². The van der Waals surface area contributed by atoms with Crippen molar-refractivity contribution in [2.75, 3.05) is 14.2 Å². The molecule has 0 saturated carbocycles. The number of pyridine rings is 1. The summed E-state index contributed by atoms with van der Waals surface area (Å²) in [5.74, 6) is 0. The summed E-state index contributed by atoms with van der Waals surface area (Å²) in [6, 6.07) is 4.16. The van der Waals surface area contributed by atoms with E-state index in [4.69, 9.17) is 6.64 Å². The zero-order valence-electron chi connectivity index (χ0n) is 11.8. The molecule has 0 aromatic carbocycles. The number of rotatable bonds is 7. The van der Waals surface area contributed by atoms with Crippen molar-refractivity contribution in [2.45, 2.75) is 34.3 Å². The molecule has 0 bridgehead atoms. The summed E-state index contributed by atoms with van der Waals surface area (Å²) in [6.45, 7) is 4.49. The van der Waals surface area contributed by atoms with E-state index in [0.29, 0.717) is 10.5 Å². The first-order valence-electron chi connectivity index (χ1n) is 6.16. The maximum atomic E-state index is 5.59. The fourth-order valence-electron chi connectivity index (χ4n) is 1.88. The Morgan fingerprint density at radius 2 is 1.78 bits per heavy atom. The van der Waals surface area contributed by atoms with Crippen LogP contribution in [0.5, 0.6) is 0 Å². The third-order valence-electron chi connectivity index (χ3n) is 3.13. The molecule has 5 heteroatoms. The molecule has 0 saturated heterocycles. The number of hydrogen-bond donors (Lipinski definition) is 0. The minimum atomic E-state index is -2.47. The van der Waals surface area contributed by atoms with Crippen LogP contribution in [-0.4, -0.2) is 24.5 Å². The number of thioether (sulfide) groups is 1. The summed E-state index contributed by atoms with van der Waals surface area (Å²) >= 11 is -0.505. The predicted molar refractivity (Wildman–Crippen MR) is 74.4 cm³/mol. The fraction of sp³-hybridized carbons (Fsp3) is 0.615. The van der Waals surface area contributed by atoms with Gasteiger partial charge in [-0.25, -0.2) is 0 Å². The van der Waals surface area contributed by atoms with Crippen molar-refractivity contribution in [3.8, 4) is 0 Å². The molecule has 0 N–H and O–H groups in total. The van der Waals surface area contributed by atoms with Gasteiger partial charge in [-0.3, -0.25) is 0 Å². The van der Waals surface area contributed by atoms with Crippen molar-refractivity contribution < 1.29 is 24.0 Å². The van der Waals surface area contributed by atoms with Gasteiger partial charge in [-0.15, -0.1) is 0 Å². The summed E-state index contributed by atoms with van der Waals surface area (Å²) in [4.78, 5) is 4.05. The second kappa shape index (κ2) is 7.66. The Morgan fingerprint density at radius 1 is 1.22 bits per heavy atom. The van der Waals surface area contributed by atoms with Gasteiger partial charge in [-0.1, -0.05) is 0 Å². The minimum absolute atomic E-state index is 0.475. The van der Waals surface area contributed by atoms with Gasteiger partial charge in [0.25, 0.3) is 0 Å². The summed E-state index contributed by atoms with van der Waals surface area (Å²) in [7, 11) is 3.54. The molecule has 1 aromatic rings. The van der Waals surface area contributed by atoms with E-state index in [1.807, 2.05) is 24.2 Å². The van der Waals surface area contributed by atoms with Gasteiger partial charge in [0.2, 0.25) is 0 Å². The van der Waals surface area contributed by atoms with Crippen LogP contribution < -0.4 is 0 Å². The van der Waals surface area contributed by atoms with Gasteiger partial charge >= 0.3 is 119 Å². The van der Waals surface area contributed by atoms with E-state index < -0.39 is 17.4 Å². The van der Waals surface area contributed by atoms with Crippen LogP contribution in [0.3, 0.4) is 0 Å². The third kappa shape index (κ3) is 5.02. The number of nitrogens with zero attached hydrogens (tertiary/aromatic N) is 1. The van der Waals surface area contributed by atoms with E-state index in [1.165, 1.54) is 5.56 Å². The Kier molecular flexibility index (Phi) is 6.89. The van der Waals surface area contributed by atoms with Crippen molar-refractivity contribution in [1.29, 1.82) is 0 Å². The van der Waals surface area contributed by atoms with Crippen molar-refractivity contribution in [3.05, 3.63) is 30.1 Å². The molecule has 18 heavy (non-hydrogen) atoms. The third-order valence-corrected chi connectivity index (χ3v) is 9.72. The van der Waals surface area contributed by atoms with Crippen LogP contribution in [0, 0.1) is 0 Å². The van der Waals surface area contributed by atoms with E-state index in [2.05, 4.69) is 36.2 Å². The Labute approximate surface area is 119 Å². The zero-order valence-corrected chi connectivity index (χ0v) is 14.2. The Hall–Kier alpha value is 0.134. The average molecular weight is 305 g/mol. The summed E-state index contributed by atoms with van der Waals surface area (Å²) in [6.07, 6.45) is 3.70. The SMILES string of the molecule is C[O][Ti]([CH3])([CH2]C(C)SC(C)c1ccncc1)[O]C. The van der Waals surface area contributed by atoms with E-state index in [9.17, 15) is 0 Å². The molecule has 0 radical (unpaired) electrons. The molecule has 2 unspecified atom stereocenters. The predicted octanol–water partition coefficient (Wildman–Crippen LogP) is 4.01. The monoisotopic (exact) mass is 305 g/mol. The summed E-state index contributed by atoms with van der Waals surface area (Å²) in [5.41, 5.74) is 1.32. The first kappa shape index (κ1) is 16.2. The summed E-state index contributed by atoms with van der Waals surface area (Å²) < 4.78 is 12.2. The van der Waals surface area contributed by atoms with Crippen LogP contribution in [0.15, 0.2) is 24.5 Å². The fourth-order valence-corrected chi connectivity index (χ4v) is 7.10. The molecule has 0 aliphatic carbocycles. The molecule has 102 valence electrons. The van der Waals surface area contributed by atoms with Gasteiger partial charge < -0.3 is 0 Å². The van der Waals surface area contributed by atoms with E-state index in [-0.39, 0.29) is 0 Å². The molecule has 0 spiro atoms. The van der Waals surface area contributed by atoms with Crippen molar-refractivity contribution >= 4 is 11.8 Å². The first-order valence-corrected chi connectivity index (χ1v) is 11.0. The average Bonchev–Trinajstić information content (AvgIpc) is 2.39. The standard InChI is InChI=1S/C10H14NS.2CH3O.CH3.Ti/c1-8(2)12-9(3)10-4-6-11-7-5-10;2*1-2;;/h4-9H,1H2,2-3H3;2*1H3;1H3;/q;2*-1;;+2. The van der Waals surface area contributed by atoms with Gasteiger partial charge in [-0.05, 0) is 0 Å². The molecule has 2 atom stereocenters. The Bertz CT molecular complexity index is 346. The van der Waals surface area contributed by atoms with Gasteiger partial charge in [0.15, 0.2) is 0 Å². The van der Waals surface area contributed by atoms with Crippen LogP contribution >= 0.6 is 11.8 Å². The molecule has 1 heterocycles. The number of hydrogen-bond acceptors (Lipinski definition) is 4. The quantitative estimate of drug-likeness (QED) is 0.712. The molecular weight excluding hydrogens is 282 g/mol. The molecule has 0 aliphatic rings.